The van der Waals surface area contributed by atoms with Gasteiger partial charge in [-0.1, -0.05) is 36.4 Å². The van der Waals surface area contributed by atoms with E-state index in [9.17, 15) is 4.79 Å². The highest BCUT2D eigenvalue weighted by molar-refractivity contribution is 7.99. The first-order valence-corrected chi connectivity index (χ1v) is 12.2. The van der Waals surface area contributed by atoms with E-state index in [0.717, 1.165) is 49.0 Å². The van der Waals surface area contributed by atoms with E-state index in [1.54, 1.807) is 11.8 Å². The number of anilines is 1. The number of thioether (sulfide) groups is 1. The van der Waals surface area contributed by atoms with Crippen molar-refractivity contribution in [2.45, 2.75) is 26.5 Å². The first-order valence-electron chi connectivity index (χ1n) is 11.1. The van der Waals surface area contributed by atoms with Gasteiger partial charge in [-0.25, -0.2) is 0 Å². The number of hydrogen-bond acceptors (Lipinski definition) is 5. The fourth-order valence-corrected chi connectivity index (χ4v) is 4.87. The fourth-order valence-electron chi connectivity index (χ4n) is 3.98. The third kappa shape index (κ3) is 5.30. The number of carbonyl (C=O) groups excluding carboxylic acids is 1. The molecule has 3 aromatic rings. The van der Waals surface area contributed by atoms with Crippen molar-refractivity contribution in [1.29, 1.82) is 0 Å². The molecule has 1 fully saturated rings. The molecule has 1 aromatic heterocycles. The predicted molar refractivity (Wildman–Crippen MR) is 133 cm³/mol. The zero-order chi connectivity index (χ0) is 22.5. The molecule has 5 nitrogen and oxygen atoms in total. The van der Waals surface area contributed by atoms with Crippen molar-refractivity contribution in [2.24, 2.45) is 0 Å². The van der Waals surface area contributed by atoms with Crippen LogP contribution in [-0.4, -0.2) is 52.9 Å². The molecule has 1 aliphatic rings. The Morgan fingerprint density at radius 1 is 0.875 bits per heavy atom. The summed E-state index contributed by atoms with van der Waals surface area (Å²) in [6.45, 7) is 9.40. The molecule has 0 spiro atoms. The van der Waals surface area contributed by atoms with Crippen LogP contribution >= 0.6 is 11.8 Å². The first-order chi connectivity index (χ1) is 15.5. The summed E-state index contributed by atoms with van der Waals surface area (Å²) in [5.74, 6) is 2.49. The topological polar surface area (TPSA) is 49.3 Å². The Balaban J connectivity index is 1.29. The maximum atomic E-state index is 12.6. The normalized spacial score (nSPS) is 14.0. The van der Waals surface area contributed by atoms with E-state index in [2.05, 4.69) is 66.2 Å². The zero-order valence-electron chi connectivity index (χ0n) is 19.0. The second-order valence-corrected chi connectivity index (χ2v) is 9.36. The van der Waals surface area contributed by atoms with E-state index < -0.39 is 0 Å². The van der Waals surface area contributed by atoms with Gasteiger partial charge in [0.2, 0.25) is 5.91 Å². The van der Waals surface area contributed by atoms with Crippen LogP contribution in [0.15, 0.2) is 54.6 Å². The molecule has 1 amide bonds. The Bertz CT molecular complexity index is 1060. The number of hydrogen-bond donors (Lipinski definition) is 0. The summed E-state index contributed by atoms with van der Waals surface area (Å²) < 4.78 is 0. The molecule has 0 radical (unpaired) electrons. The van der Waals surface area contributed by atoms with Crippen LogP contribution in [0.25, 0.3) is 11.3 Å². The predicted octanol–water partition coefficient (Wildman–Crippen LogP) is 4.65. The smallest absolute Gasteiger partial charge is 0.232 e. The maximum Gasteiger partial charge on any atom is 0.232 e. The number of amides is 1. The van der Waals surface area contributed by atoms with Crippen molar-refractivity contribution in [3.8, 4) is 11.3 Å². The standard InChI is InChI=1S/C26H30N4OS/c1-19-15-21(3)23(16-20(19)2)24-9-10-25(28-27-24)29-11-13-30(14-12-29)26(31)18-32-17-22-7-5-4-6-8-22/h4-10,15-16H,11-14,17-18H2,1-3H3. The zero-order valence-corrected chi connectivity index (χ0v) is 19.9. The summed E-state index contributed by atoms with van der Waals surface area (Å²) in [5, 5.41) is 9.00. The molecule has 166 valence electrons. The quantitative estimate of drug-likeness (QED) is 0.552. The van der Waals surface area contributed by atoms with E-state index in [-0.39, 0.29) is 5.91 Å². The van der Waals surface area contributed by atoms with E-state index in [1.165, 1.54) is 22.3 Å². The van der Waals surface area contributed by atoms with Gasteiger partial charge in [-0.3, -0.25) is 4.79 Å². The van der Waals surface area contributed by atoms with Crippen molar-refractivity contribution in [2.75, 3.05) is 36.8 Å². The van der Waals surface area contributed by atoms with Crippen LogP contribution < -0.4 is 4.90 Å². The highest BCUT2D eigenvalue weighted by Crippen LogP contribution is 2.25. The van der Waals surface area contributed by atoms with Crippen LogP contribution in [0.5, 0.6) is 0 Å². The Morgan fingerprint density at radius 2 is 1.59 bits per heavy atom. The van der Waals surface area contributed by atoms with Crippen LogP contribution in [-0.2, 0) is 10.5 Å². The lowest BCUT2D eigenvalue weighted by Crippen LogP contribution is -2.49. The second-order valence-electron chi connectivity index (χ2n) is 8.37. The third-order valence-corrected chi connectivity index (χ3v) is 7.05. The summed E-state index contributed by atoms with van der Waals surface area (Å²) in [5.41, 5.74) is 7.07. The van der Waals surface area contributed by atoms with Crippen LogP contribution in [0.1, 0.15) is 22.3 Å². The van der Waals surface area contributed by atoms with E-state index in [1.807, 2.05) is 29.2 Å². The Kier molecular flexibility index (Phi) is 7.10. The van der Waals surface area contributed by atoms with Gasteiger partial charge in [0.05, 0.1) is 11.4 Å². The SMILES string of the molecule is Cc1cc(C)c(-c2ccc(N3CCN(C(=O)CSCc4ccccc4)CC3)nn2)cc1C. The molecule has 2 aromatic carbocycles. The minimum Gasteiger partial charge on any atom is -0.352 e. The van der Waals surface area contributed by atoms with Gasteiger partial charge in [-0.05, 0) is 61.2 Å². The Labute approximate surface area is 194 Å². The van der Waals surface area contributed by atoms with Gasteiger partial charge >= 0.3 is 0 Å². The fraction of sp³-hybridized carbons (Fsp3) is 0.346. The van der Waals surface area contributed by atoms with Crippen molar-refractivity contribution in [1.82, 2.24) is 15.1 Å². The molecule has 6 heteroatoms. The highest BCUT2D eigenvalue weighted by atomic mass is 32.2. The lowest BCUT2D eigenvalue weighted by atomic mass is 9.99. The largest absolute Gasteiger partial charge is 0.352 e. The summed E-state index contributed by atoms with van der Waals surface area (Å²) in [6.07, 6.45) is 0. The number of aryl methyl sites for hydroxylation is 3. The number of benzene rings is 2. The van der Waals surface area contributed by atoms with Gasteiger partial charge in [-0.2, -0.15) is 0 Å². The highest BCUT2D eigenvalue weighted by Gasteiger charge is 2.22. The molecule has 32 heavy (non-hydrogen) atoms. The molecular weight excluding hydrogens is 416 g/mol. The molecule has 4 rings (SSSR count). The maximum absolute atomic E-state index is 12.6. The van der Waals surface area contributed by atoms with Crippen LogP contribution in [0, 0.1) is 20.8 Å². The molecule has 0 atom stereocenters. The molecule has 2 heterocycles. The third-order valence-electron chi connectivity index (χ3n) is 6.06. The van der Waals surface area contributed by atoms with Gasteiger partial charge < -0.3 is 9.80 Å². The molecule has 1 saturated heterocycles. The van der Waals surface area contributed by atoms with Gasteiger partial charge in [0.15, 0.2) is 5.82 Å². The van der Waals surface area contributed by atoms with Gasteiger partial charge in [0.1, 0.15) is 0 Å². The molecule has 0 bridgehead atoms. The van der Waals surface area contributed by atoms with Crippen LogP contribution in [0.4, 0.5) is 5.82 Å². The van der Waals surface area contributed by atoms with E-state index >= 15 is 0 Å². The summed E-state index contributed by atoms with van der Waals surface area (Å²) in [4.78, 5) is 16.8. The average molecular weight is 447 g/mol. The summed E-state index contributed by atoms with van der Waals surface area (Å²) in [7, 11) is 0. The first kappa shape index (κ1) is 22.3. The van der Waals surface area contributed by atoms with E-state index in [4.69, 9.17) is 0 Å². The monoisotopic (exact) mass is 446 g/mol. The lowest BCUT2D eigenvalue weighted by Gasteiger charge is -2.35. The molecule has 1 aliphatic heterocycles. The van der Waals surface area contributed by atoms with E-state index in [0.29, 0.717) is 5.75 Å². The van der Waals surface area contributed by atoms with Crippen LogP contribution in [0.3, 0.4) is 0 Å². The Morgan fingerprint density at radius 3 is 2.28 bits per heavy atom. The van der Waals surface area contributed by atoms with Gasteiger partial charge in [0, 0.05) is 37.5 Å². The van der Waals surface area contributed by atoms with Gasteiger partial charge in [0.25, 0.3) is 0 Å². The van der Waals surface area contributed by atoms with Crippen molar-refractivity contribution in [3.63, 3.8) is 0 Å². The molecule has 0 aliphatic carbocycles. The second kappa shape index (κ2) is 10.2. The lowest BCUT2D eigenvalue weighted by molar-refractivity contribution is -0.128. The molecule has 0 N–H and O–H groups in total. The van der Waals surface area contributed by atoms with Crippen LogP contribution in [0.2, 0.25) is 0 Å². The number of carbonyl (C=O) groups is 1. The minimum absolute atomic E-state index is 0.220. The Hall–Kier alpha value is -2.86. The summed E-state index contributed by atoms with van der Waals surface area (Å²) >= 11 is 1.68. The minimum atomic E-state index is 0.220. The molecule has 0 unspecified atom stereocenters. The number of aromatic nitrogens is 2. The average Bonchev–Trinajstić information content (AvgIpc) is 2.82. The number of nitrogens with zero attached hydrogens (tertiary/aromatic N) is 4. The molecular formula is C26H30N4OS. The van der Waals surface area contributed by atoms with Gasteiger partial charge in [-0.15, -0.1) is 22.0 Å². The van der Waals surface area contributed by atoms with Crippen molar-refractivity contribution in [3.05, 3.63) is 76.9 Å². The molecule has 0 saturated carbocycles. The number of piperazine rings is 1. The number of rotatable bonds is 6. The summed E-state index contributed by atoms with van der Waals surface area (Å²) in [6, 6.07) is 18.8. The van der Waals surface area contributed by atoms with Crippen molar-refractivity contribution < 1.29 is 4.79 Å². The van der Waals surface area contributed by atoms with Crippen molar-refractivity contribution >= 4 is 23.5 Å².